The first kappa shape index (κ1) is 14.1. The first-order chi connectivity index (χ1) is 8.33. The maximum atomic E-state index is 5.56. The number of ether oxygens (including phenoxy) is 1. The van der Waals surface area contributed by atoms with Gasteiger partial charge in [-0.25, -0.2) is 0 Å². The smallest absolute Gasteiger partial charge is 0.0661 e. The maximum absolute atomic E-state index is 5.56. The fourth-order valence-electron chi connectivity index (χ4n) is 1.89. The number of pyridine rings is 1. The molecule has 0 aromatic carbocycles. The van der Waals surface area contributed by atoms with E-state index in [1.807, 2.05) is 19.3 Å². The van der Waals surface area contributed by atoms with Crippen molar-refractivity contribution in [1.82, 2.24) is 10.3 Å². The molecule has 0 saturated carbocycles. The zero-order valence-electron chi connectivity index (χ0n) is 11.2. The van der Waals surface area contributed by atoms with Gasteiger partial charge < -0.3 is 10.1 Å². The Morgan fingerprint density at radius 2 is 2.18 bits per heavy atom. The third-order valence-electron chi connectivity index (χ3n) is 2.83. The van der Waals surface area contributed by atoms with Crippen molar-refractivity contribution in [3.8, 4) is 0 Å². The average molecular weight is 236 g/mol. The monoisotopic (exact) mass is 236 g/mol. The fourth-order valence-corrected chi connectivity index (χ4v) is 1.89. The van der Waals surface area contributed by atoms with Gasteiger partial charge in [-0.2, -0.15) is 0 Å². The summed E-state index contributed by atoms with van der Waals surface area (Å²) in [5.74, 6) is 0. The van der Waals surface area contributed by atoms with Crippen LogP contribution in [0, 0.1) is 0 Å². The predicted octanol–water partition coefficient (Wildman–Crippen LogP) is 2.72. The summed E-state index contributed by atoms with van der Waals surface area (Å²) in [6, 6.07) is 2.39. The number of nitrogens with zero attached hydrogens (tertiary/aromatic N) is 1. The Hall–Kier alpha value is -0.930. The summed E-state index contributed by atoms with van der Waals surface area (Å²) in [6.07, 6.45) is 5.97. The van der Waals surface area contributed by atoms with Crippen molar-refractivity contribution in [2.75, 3.05) is 19.8 Å². The fraction of sp³-hybridized carbons (Fsp3) is 0.643. The molecule has 0 spiro atoms. The van der Waals surface area contributed by atoms with Gasteiger partial charge in [0.25, 0.3) is 0 Å². The Labute approximate surface area is 105 Å². The third kappa shape index (κ3) is 4.44. The van der Waals surface area contributed by atoms with Crippen molar-refractivity contribution in [3.63, 3.8) is 0 Å². The van der Waals surface area contributed by atoms with Crippen LogP contribution in [0.2, 0.25) is 0 Å². The first-order valence-corrected chi connectivity index (χ1v) is 6.57. The Morgan fingerprint density at radius 3 is 2.82 bits per heavy atom. The number of aryl methyl sites for hydroxylation is 1. The summed E-state index contributed by atoms with van der Waals surface area (Å²) < 4.78 is 5.56. The van der Waals surface area contributed by atoms with E-state index in [4.69, 9.17) is 4.74 Å². The number of hydrogen-bond acceptors (Lipinski definition) is 3. The van der Waals surface area contributed by atoms with Crippen molar-refractivity contribution in [2.45, 2.75) is 39.7 Å². The summed E-state index contributed by atoms with van der Waals surface area (Å²) in [4.78, 5) is 4.19. The molecule has 1 N–H and O–H groups in total. The first-order valence-electron chi connectivity index (χ1n) is 6.57. The van der Waals surface area contributed by atoms with E-state index in [1.165, 1.54) is 11.1 Å². The van der Waals surface area contributed by atoms with Crippen LogP contribution in [-0.2, 0) is 11.2 Å². The quantitative estimate of drug-likeness (QED) is 0.753. The van der Waals surface area contributed by atoms with Crippen LogP contribution in [0.25, 0.3) is 0 Å². The van der Waals surface area contributed by atoms with E-state index in [1.54, 1.807) is 0 Å². The van der Waals surface area contributed by atoms with Crippen LogP contribution < -0.4 is 5.32 Å². The van der Waals surface area contributed by atoms with Gasteiger partial charge in [0.2, 0.25) is 0 Å². The molecule has 1 aromatic rings. The topological polar surface area (TPSA) is 34.1 Å². The molecule has 1 atom stereocenters. The summed E-state index contributed by atoms with van der Waals surface area (Å²) in [5, 5.41) is 3.54. The number of nitrogens with one attached hydrogen (secondary N) is 1. The van der Waals surface area contributed by atoms with Gasteiger partial charge in [0.15, 0.2) is 0 Å². The predicted molar refractivity (Wildman–Crippen MR) is 71.1 cm³/mol. The minimum Gasteiger partial charge on any atom is -0.380 e. The Balaban J connectivity index is 2.78. The SMILES string of the molecule is CCCNC(COCC)c1ccncc1CC. The summed E-state index contributed by atoms with van der Waals surface area (Å²) >= 11 is 0. The normalized spacial score (nSPS) is 12.6. The second-order valence-electron chi connectivity index (χ2n) is 4.09. The van der Waals surface area contributed by atoms with E-state index in [0.717, 1.165) is 32.6 Å². The van der Waals surface area contributed by atoms with E-state index in [9.17, 15) is 0 Å². The van der Waals surface area contributed by atoms with E-state index < -0.39 is 0 Å². The van der Waals surface area contributed by atoms with Crippen LogP contribution in [0.5, 0.6) is 0 Å². The van der Waals surface area contributed by atoms with Gasteiger partial charge in [0, 0.05) is 19.0 Å². The van der Waals surface area contributed by atoms with Gasteiger partial charge in [-0.05, 0) is 43.5 Å². The zero-order valence-corrected chi connectivity index (χ0v) is 11.2. The number of hydrogen-bond donors (Lipinski definition) is 1. The van der Waals surface area contributed by atoms with Crippen LogP contribution in [0.1, 0.15) is 44.4 Å². The third-order valence-corrected chi connectivity index (χ3v) is 2.83. The molecule has 96 valence electrons. The lowest BCUT2D eigenvalue weighted by molar-refractivity contribution is 0.122. The molecule has 1 rings (SSSR count). The van der Waals surface area contributed by atoms with E-state index in [2.05, 4.69) is 30.2 Å². The lowest BCUT2D eigenvalue weighted by Gasteiger charge is -2.21. The van der Waals surface area contributed by atoms with Gasteiger partial charge in [0.05, 0.1) is 12.6 Å². The highest BCUT2D eigenvalue weighted by Crippen LogP contribution is 2.18. The van der Waals surface area contributed by atoms with Crippen LogP contribution in [0.4, 0.5) is 0 Å². The molecule has 3 nitrogen and oxygen atoms in total. The highest BCUT2D eigenvalue weighted by atomic mass is 16.5. The van der Waals surface area contributed by atoms with Crippen molar-refractivity contribution in [3.05, 3.63) is 29.6 Å². The van der Waals surface area contributed by atoms with Crippen molar-refractivity contribution < 1.29 is 4.74 Å². The molecule has 1 aromatic heterocycles. The Kier molecular flexibility index (Phi) is 6.82. The summed E-state index contributed by atoms with van der Waals surface area (Å²) in [6.45, 7) is 8.88. The van der Waals surface area contributed by atoms with Gasteiger partial charge in [0.1, 0.15) is 0 Å². The molecule has 17 heavy (non-hydrogen) atoms. The molecule has 3 heteroatoms. The van der Waals surface area contributed by atoms with Crippen molar-refractivity contribution in [2.24, 2.45) is 0 Å². The highest BCUT2D eigenvalue weighted by Gasteiger charge is 2.13. The van der Waals surface area contributed by atoms with Crippen LogP contribution in [0.15, 0.2) is 18.5 Å². The van der Waals surface area contributed by atoms with E-state index in [0.29, 0.717) is 0 Å². The Bertz CT molecular complexity index is 307. The molecule has 0 amide bonds. The van der Waals surface area contributed by atoms with Gasteiger partial charge in [-0.3, -0.25) is 4.98 Å². The van der Waals surface area contributed by atoms with Crippen LogP contribution in [-0.4, -0.2) is 24.7 Å². The zero-order chi connectivity index (χ0) is 12.5. The molecule has 0 saturated heterocycles. The lowest BCUT2D eigenvalue weighted by atomic mass is 10.0. The van der Waals surface area contributed by atoms with Gasteiger partial charge in [-0.1, -0.05) is 13.8 Å². The molecule has 0 aliphatic heterocycles. The van der Waals surface area contributed by atoms with Crippen molar-refractivity contribution in [1.29, 1.82) is 0 Å². The van der Waals surface area contributed by atoms with Gasteiger partial charge >= 0.3 is 0 Å². The molecule has 1 unspecified atom stereocenters. The minimum atomic E-state index is 0.285. The average Bonchev–Trinajstić information content (AvgIpc) is 2.39. The summed E-state index contributed by atoms with van der Waals surface area (Å²) in [7, 11) is 0. The number of aromatic nitrogens is 1. The molecule has 0 fully saturated rings. The number of rotatable bonds is 8. The largest absolute Gasteiger partial charge is 0.380 e. The Morgan fingerprint density at radius 1 is 1.35 bits per heavy atom. The van der Waals surface area contributed by atoms with E-state index >= 15 is 0 Å². The molecule has 0 radical (unpaired) electrons. The highest BCUT2D eigenvalue weighted by molar-refractivity contribution is 5.26. The molecule has 0 bridgehead atoms. The molecular weight excluding hydrogens is 212 g/mol. The second-order valence-corrected chi connectivity index (χ2v) is 4.09. The van der Waals surface area contributed by atoms with Crippen LogP contribution in [0.3, 0.4) is 0 Å². The van der Waals surface area contributed by atoms with E-state index in [-0.39, 0.29) is 6.04 Å². The van der Waals surface area contributed by atoms with Crippen LogP contribution >= 0.6 is 0 Å². The minimum absolute atomic E-state index is 0.285. The van der Waals surface area contributed by atoms with Crippen molar-refractivity contribution >= 4 is 0 Å². The second kappa shape index (κ2) is 8.20. The maximum Gasteiger partial charge on any atom is 0.0661 e. The molecule has 0 aliphatic carbocycles. The lowest BCUT2D eigenvalue weighted by Crippen LogP contribution is -2.27. The standard InChI is InChI=1S/C14H24N2O/c1-4-8-16-14(11-17-6-3)13-7-9-15-10-12(13)5-2/h7,9-10,14,16H,4-6,8,11H2,1-3H3. The van der Waals surface area contributed by atoms with Gasteiger partial charge in [-0.15, -0.1) is 0 Å². The molecule has 1 heterocycles. The summed E-state index contributed by atoms with van der Waals surface area (Å²) in [5.41, 5.74) is 2.63. The molecule has 0 aliphatic rings. The molecular formula is C14H24N2O.